The van der Waals surface area contributed by atoms with E-state index in [9.17, 15) is 4.79 Å². The van der Waals surface area contributed by atoms with Gasteiger partial charge in [-0.05, 0) is 31.4 Å². The number of nitrogens with one attached hydrogen (secondary N) is 2. The van der Waals surface area contributed by atoms with Crippen molar-refractivity contribution in [3.63, 3.8) is 0 Å². The van der Waals surface area contributed by atoms with Gasteiger partial charge in [-0.2, -0.15) is 4.99 Å². The number of guanidine groups is 1. The molecule has 0 aliphatic heterocycles. The number of aromatic nitrogens is 2. The standard InChI is InChI=1S/C15H17N5O2/c1-22-12-8-3-2-6-11(12)17-14(16)20-15-18-10-7-4-5-9(10)13(21)19-15/h2-3,6,8H,4-5,7H2,1H3,(H4,16,17,18,19,20,21). The Balaban J connectivity index is 1.86. The van der Waals surface area contributed by atoms with E-state index in [1.165, 1.54) is 0 Å². The number of para-hydroxylation sites is 2. The number of fused-ring (bicyclic) bond motifs is 1. The molecule has 2 aromatic rings. The summed E-state index contributed by atoms with van der Waals surface area (Å²) in [5.74, 6) is 0.993. The summed E-state index contributed by atoms with van der Waals surface area (Å²) in [5.41, 5.74) is 8.01. The molecule has 1 heterocycles. The molecule has 0 unspecified atom stereocenters. The summed E-state index contributed by atoms with van der Waals surface area (Å²) >= 11 is 0. The number of ether oxygens (including phenoxy) is 1. The molecule has 1 aliphatic rings. The Bertz CT molecular complexity index is 782. The van der Waals surface area contributed by atoms with Gasteiger partial charge in [0.25, 0.3) is 5.56 Å². The van der Waals surface area contributed by atoms with E-state index in [1.807, 2.05) is 24.3 Å². The van der Waals surface area contributed by atoms with Crippen molar-refractivity contribution in [2.45, 2.75) is 19.3 Å². The number of methoxy groups -OCH3 is 1. The summed E-state index contributed by atoms with van der Waals surface area (Å²) < 4.78 is 5.23. The zero-order valence-corrected chi connectivity index (χ0v) is 12.2. The average Bonchev–Trinajstić information content (AvgIpc) is 2.96. The normalized spacial score (nSPS) is 13.8. The number of nitrogens with two attached hydrogens (primary N) is 1. The number of nitrogens with zero attached hydrogens (tertiary/aromatic N) is 2. The van der Waals surface area contributed by atoms with Crippen LogP contribution in [0.15, 0.2) is 34.1 Å². The van der Waals surface area contributed by atoms with E-state index in [0.717, 1.165) is 30.5 Å². The second kappa shape index (κ2) is 5.88. The van der Waals surface area contributed by atoms with Crippen molar-refractivity contribution >= 4 is 17.6 Å². The van der Waals surface area contributed by atoms with Gasteiger partial charge in [-0.1, -0.05) is 12.1 Å². The molecule has 3 rings (SSSR count). The first kappa shape index (κ1) is 14.1. The fraction of sp³-hybridized carbons (Fsp3) is 0.267. The highest BCUT2D eigenvalue weighted by Gasteiger charge is 2.17. The molecule has 114 valence electrons. The lowest BCUT2D eigenvalue weighted by atomic mass is 10.3. The second-order valence-corrected chi connectivity index (χ2v) is 4.99. The van der Waals surface area contributed by atoms with E-state index in [4.69, 9.17) is 10.5 Å². The molecule has 7 nitrogen and oxygen atoms in total. The number of aryl methyl sites for hydroxylation is 1. The predicted octanol–water partition coefficient (Wildman–Crippen LogP) is 1.33. The number of aromatic amines is 1. The topological polar surface area (TPSA) is 105 Å². The molecule has 1 aromatic carbocycles. The second-order valence-electron chi connectivity index (χ2n) is 4.99. The lowest BCUT2D eigenvalue weighted by Crippen LogP contribution is -2.23. The lowest BCUT2D eigenvalue weighted by molar-refractivity contribution is 0.417. The molecule has 0 atom stereocenters. The van der Waals surface area contributed by atoms with Crippen LogP contribution in [0.25, 0.3) is 0 Å². The molecule has 0 saturated carbocycles. The summed E-state index contributed by atoms with van der Waals surface area (Å²) in [6, 6.07) is 7.34. The van der Waals surface area contributed by atoms with Gasteiger partial charge >= 0.3 is 0 Å². The molecule has 0 radical (unpaired) electrons. The van der Waals surface area contributed by atoms with Crippen LogP contribution in [0, 0.1) is 0 Å². The van der Waals surface area contributed by atoms with Crippen LogP contribution in [0.1, 0.15) is 17.7 Å². The molecular formula is C15H17N5O2. The number of rotatable bonds is 3. The predicted molar refractivity (Wildman–Crippen MR) is 84.8 cm³/mol. The van der Waals surface area contributed by atoms with Gasteiger partial charge in [-0.3, -0.25) is 9.78 Å². The van der Waals surface area contributed by atoms with Gasteiger partial charge in [0.2, 0.25) is 11.9 Å². The minimum Gasteiger partial charge on any atom is -0.495 e. The number of hydrogen-bond acceptors (Lipinski definition) is 4. The van der Waals surface area contributed by atoms with E-state index in [-0.39, 0.29) is 17.5 Å². The molecule has 1 aliphatic carbocycles. The van der Waals surface area contributed by atoms with E-state index in [1.54, 1.807) is 7.11 Å². The number of hydrogen-bond donors (Lipinski definition) is 3. The van der Waals surface area contributed by atoms with Crippen molar-refractivity contribution in [3.05, 3.63) is 45.9 Å². The zero-order chi connectivity index (χ0) is 15.5. The van der Waals surface area contributed by atoms with Crippen molar-refractivity contribution < 1.29 is 4.74 Å². The molecule has 0 fully saturated rings. The third kappa shape index (κ3) is 2.78. The zero-order valence-electron chi connectivity index (χ0n) is 12.2. The highest BCUT2D eigenvalue weighted by Crippen LogP contribution is 2.23. The molecule has 1 aromatic heterocycles. The first-order valence-corrected chi connectivity index (χ1v) is 7.03. The third-order valence-electron chi connectivity index (χ3n) is 3.53. The fourth-order valence-corrected chi connectivity index (χ4v) is 2.51. The molecule has 0 bridgehead atoms. The largest absolute Gasteiger partial charge is 0.495 e. The first-order valence-electron chi connectivity index (χ1n) is 7.03. The number of benzene rings is 1. The molecule has 7 heteroatoms. The third-order valence-corrected chi connectivity index (χ3v) is 3.53. The van der Waals surface area contributed by atoms with E-state index in [2.05, 4.69) is 20.3 Å². The summed E-state index contributed by atoms with van der Waals surface area (Å²) in [7, 11) is 1.58. The number of H-pyrrole nitrogens is 1. The SMILES string of the molecule is COc1ccccc1N/C(N)=N/c1nc2c(c(=O)[nH]1)CCC2. The van der Waals surface area contributed by atoms with Gasteiger partial charge in [0.1, 0.15) is 5.75 Å². The van der Waals surface area contributed by atoms with Crippen LogP contribution in [0.3, 0.4) is 0 Å². The van der Waals surface area contributed by atoms with Crippen molar-refractivity contribution in [3.8, 4) is 5.75 Å². The van der Waals surface area contributed by atoms with Crippen molar-refractivity contribution in [2.75, 3.05) is 12.4 Å². The van der Waals surface area contributed by atoms with Crippen LogP contribution < -0.4 is 21.3 Å². The highest BCUT2D eigenvalue weighted by molar-refractivity contribution is 5.94. The minimum atomic E-state index is -0.133. The molecule has 0 spiro atoms. The summed E-state index contributed by atoms with van der Waals surface area (Å²) in [6.45, 7) is 0. The van der Waals surface area contributed by atoms with Gasteiger partial charge < -0.3 is 15.8 Å². The minimum absolute atomic E-state index is 0.130. The summed E-state index contributed by atoms with van der Waals surface area (Å²) in [5, 5.41) is 2.94. The van der Waals surface area contributed by atoms with Crippen molar-refractivity contribution in [1.29, 1.82) is 0 Å². The molecule has 4 N–H and O–H groups in total. The van der Waals surface area contributed by atoms with Crippen molar-refractivity contribution in [2.24, 2.45) is 10.7 Å². The Morgan fingerprint density at radius 1 is 1.41 bits per heavy atom. The number of aliphatic imine (C=N–C) groups is 1. The Hall–Kier alpha value is -2.83. The average molecular weight is 299 g/mol. The molecule has 22 heavy (non-hydrogen) atoms. The van der Waals surface area contributed by atoms with Gasteiger partial charge in [0.15, 0.2) is 0 Å². The Labute approximate surface area is 127 Å². The maximum atomic E-state index is 11.9. The quantitative estimate of drug-likeness (QED) is 0.585. The Morgan fingerprint density at radius 3 is 3.05 bits per heavy atom. The van der Waals surface area contributed by atoms with Crippen molar-refractivity contribution in [1.82, 2.24) is 9.97 Å². The maximum Gasteiger partial charge on any atom is 0.255 e. The number of anilines is 1. The monoisotopic (exact) mass is 299 g/mol. The van der Waals surface area contributed by atoms with Crippen LogP contribution in [0.2, 0.25) is 0 Å². The maximum absolute atomic E-state index is 11.9. The van der Waals surface area contributed by atoms with Gasteiger partial charge in [0, 0.05) is 5.56 Å². The Morgan fingerprint density at radius 2 is 2.23 bits per heavy atom. The van der Waals surface area contributed by atoms with Crippen LogP contribution in [-0.4, -0.2) is 23.0 Å². The molecule has 0 saturated heterocycles. The smallest absolute Gasteiger partial charge is 0.255 e. The molecular weight excluding hydrogens is 282 g/mol. The highest BCUT2D eigenvalue weighted by atomic mass is 16.5. The van der Waals surface area contributed by atoms with Crippen LogP contribution in [0.4, 0.5) is 11.6 Å². The van der Waals surface area contributed by atoms with Crippen LogP contribution >= 0.6 is 0 Å². The molecule has 0 amide bonds. The van der Waals surface area contributed by atoms with E-state index < -0.39 is 0 Å². The van der Waals surface area contributed by atoms with Crippen LogP contribution in [0.5, 0.6) is 5.75 Å². The summed E-state index contributed by atoms with van der Waals surface area (Å²) in [4.78, 5) is 23.0. The summed E-state index contributed by atoms with van der Waals surface area (Å²) in [6.07, 6.45) is 2.53. The van der Waals surface area contributed by atoms with E-state index in [0.29, 0.717) is 11.4 Å². The first-order chi connectivity index (χ1) is 10.7. The van der Waals surface area contributed by atoms with Gasteiger partial charge in [-0.25, -0.2) is 4.98 Å². The van der Waals surface area contributed by atoms with E-state index >= 15 is 0 Å². The van der Waals surface area contributed by atoms with Crippen LogP contribution in [-0.2, 0) is 12.8 Å². The fourth-order valence-electron chi connectivity index (χ4n) is 2.51. The van der Waals surface area contributed by atoms with Gasteiger partial charge in [0.05, 0.1) is 18.5 Å². The Kier molecular flexibility index (Phi) is 3.78. The van der Waals surface area contributed by atoms with Gasteiger partial charge in [-0.15, -0.1) is 0 Å². The lowest BCUT2D eigenvalue weighted by Gasteiger charge is -2.09.